The van der Waals surface area contributed by atoms with Gasteiger partial charge in [-0.2, -0.15) is 0 Å². The summed E-state index contributed by atoms with van der Waals surface area (Å²) in [5, 5.41) is 17.8. The Morgan fingerprint density at radius 1 is 0.909 bits per heavy atom. The van der Waals surface area contributed by atoms with Crippen LogP contribution in [0.2, 0.25) is 0 Å². The Labute approximate surface area is 195 Å². The van der Waals surface area contributed by atoms with Crippen LogP contribution in [0.4, 0.5) is 0 Å². The van der Waals surface area contributed by atoms with Crippen molar-refractivity contribution in [3.05, 3.63) is 83.9 Å². The molecular formula is C27H33N3O3. The first-order valence-corrected chi connectivity index (χ1v) is 11.3. The van der Waals surface area contributed by atoms with Crippen molar-refractivity contribution in [2.75, 3.05) is 20.6 Å². The summed E-state index contributed by atoms with van der Waals surface area (Å²) in [4.78, 5) is 27.9. The van der Waals surface area contributed by atoms with E-state index in [1.54, 1.807) is 21.0 Å². The summed E-state index contributed by atoms with van der Waals surface area (Å²) in [7, 11) is 3.43. The van der Waals surface area contributed by atoms with Gasteiger partial charge in [-0.3, -0.25) is 9.59 Å². The smallest absolute Gasteiger partial charge is 0.243 e. The highest BCUT2D eigenvalue weighted by atomic mass is 16.3. The molecule has 0 bridgehead atoms. The summed E-state index contributed by atoms with van der Waals surface area (Å²) in [6.45, 7) is 1.75. The number of carbonyl (C=O) groups excluding carboxylic acids is 2. The van der Waals surface area contributed by atoms with E-state index in [0.29, 0.717) is 12.8 Å². The van der Waals surface area contributed by atoms with Gasteiger partial charge in [-0.15, -0.1) is 0 Å². The summed E-state index contributed by atoms with van der Waals surface area (Å²) in [5.74, 6) is -0.435. The first kappa shape index (κ1) is 24.4. The molecule has 33 heavy (non-hydrogen) atoms. The average molecular weight is 448 g/mol. The Kier molecular flexibility index (Phi) is 8.58. The summed E-state index contributed by atoms with van der Waals surface area (Å²) in [6.07, 6.45) is 0.240. The fourth-order valence-corrected chi connectivity index (χ4v) is 3.92. The number of aliphatic hydroxyl groups excluding tert-OH is 1. The van der Waals surface area contributed by atoms with Crippen LogP contribution < -0.4 is 10.6 Å². The van der Waals surface area contributed by atoms with Crippen LogP contribution in [0.25, 0.3) is 10.8 Å². The van der Waals surface area contributed by atoms with E-state index in [0.717, 1.165) is 21.9 Å². The van der Waals surface area contributed by atoms with Gasteiger partial charge in [-0.05, 0) is 42.3 Å². The number of aliphatic hydroxyl groups is 1. The zero-order valence-electron chi connectivity index (χ0n) is 19.5. The van der Waals surface area contributed by atoms with Crippen LogP contribution in [0.3, 0.4) is 0 Å². The number of nitrogens with one attached hydrogen (secondary N) is 2. The third-order valence-electron chi connectivity index (χ3n) is 5.86. The molecule has 3 aromatic carbocycles. The molecule has 0 aromatic heterocycles. The molecule has 1 unspecified atom stereocenters. The number of fused-ring (bicyclic) bond motifs is 1. The van der Waals surface area contributed by atoms with Crippen molar-refractivity contribution in [1.82, 2.24) is 15.5 Å². The lowest BCUT2D eigenvalue weighted by molar-refractivity contribution is -0.140. The summed E-state index contributed by atoms with van der Waals surface area (Å²) in [6, 6.07) is 22.8. The molecule has 6 heteroatoms. The van der Waals surface area contributed by atoms with Crippen molar-refractivity contribution in [1.29, 1.82) is 0 Å². The average Bonchev–Trinajstić information content (AvgIpc) is 2.84. The zero-order chi connectivity index (χ0) is 23.8. The number of hydrogen-bond acceptors (Lipinski definition) is 4. The van der Waals surface area contributed by atoms with E-state index in [2.05, 4.69) is 34.9 Å². The maximum atomic E-state index is 13.5. The number of rotatable bonds is 10. The number of carbonyl (C=O) groups is 2. The standard InChI is InChI=1S/C27H33N3O3/c1-19(31)18-29-26(32)25(17-20-9-5-4-6-10-20)30(3)27(33)24(28-2)16-21-13-14-22-11-7-8-12-23(22)15-21/h4-15,19,24-25,28,31H,16-18H2,1-3H3,(H,29,32)/t19?,24-,25-/m1/s1. The topological polar surface area (TPSA) is 81.7 Å². The molecule has 3 rings (SSSR count). The van der Waals surface area contributed by atoms with Gasteiger partial charge in [0, 0.05) is 20.0 Å². The molecule has 0 spiro atoms. The van der Waals surface area contributed by atoms with Gasteiger partial charge in [-0.1, -0.05) is 72.8 Å². The minimum absolute atomic E-state index is 0.138. The van der Waals surface area contributed by atoms with Crippen LogP contribution in [0, 0.1) is 0 Å². The third kappa shape index (κ3) is 6.63. The van der Waals surface area contributed by atoms with Crippen LogP contribution in [0.5, 0.6) is 0 Å². The zero-order valence-corrected chi connectivity index (χ0v) is 19.5. The minimum atomic E-state index is -0.689. The molecule has 0 aliphatic rings. The predicted octanol–water partition coefficient (Wildman–Crippen LogP) is 2.54. The van der Waals surface area contributed by atoms with Crippen LogP contribution >= 0.6 is 0 Å². The van der Waals surface area contributed by atoms with Crippen molar-refractivity contribution in [3.8, 4) is 0 Å². The van der Waals surface area contributed by atoms with Crippen molar-refractivity contribution >= 4 is 22.6 Å². The maximum Gasteiger partial charge on any atom is 0.243 e. The lowest BCUT2D eigenvalue weighted by atomic mass is 9.99. The normalized spacial score (nSPS) is 13.8. The number of amides is 2. The molecule has 6 nitrogen and oxygen atoms in total. The Hall–Kier alpha value is -3.22. The van der Waals surface area contributed by atoms with Crippen molar-refractivity contribution in [3.63, 3.8) is 0 Å². The van der Waals surface area contributed by atoms with E-state index in [9.17, 15) is 14.7 Å². The van der Waals surface area contributed by atoms with Gasteiger partial charge < -0.3 is 20.6 Å². The Morgan fingerprint density at radius 2 is 1.58 bits per heavy atom. The second kappa shape index (κ2) is 11.6. The van der Waals surface area contributed by atoms with E-state index >= 15 is 0 Å². The quantitative estimate of drug-likeness (QED) is 0.446. The van der Waals surface area contributed by atoms with Crippen LogP contribution in [0.1, 0.15) is 18.1 Å². The molecule has 174 valence electrons. The first-order chi connectivity index (χ1) is 15.9. The molecule has 2 amide bonds. The molecule has 0 aliphatic heterocycles. The lowest BCUT2D eigenvalue weighted by Gasteiger charge is -2.31. The van der Waals surface area contributed by atoms with Crippen molar-refractivity contribution in [2.24, 2.45) is 0 Å². The van der Waals surface area contributed by atoms with Gasteiger partial charge in [0.15, 0.2) is 0 Å². The van der Waals surface area contributed by atoms with Gasteiger partial charge in [0.25, 0.3) is 0 Å². The van der Waals surface area contributed by atoms with Crippen molar-refractivity contribution < 1.29 is 14.7 Å². The predicted molar refractivity (Wildman–Crippen MR) is 132 cm³/mol. The molecule has 3 atom stereocenters. The second-order valence-electron chi connectivity index (χ2n) is 8.48. The van der Waals surface area contributed by atoms with E-state index < -0.39 is 18.2 Å². The molecule has 0 heterocycles. The highest BCUT2D eigenvalue weighted by Gasteiger charge is 2.31. The van der Waals surface area contributed by atoms with Crippen LogP contribution in [-0.4, -0.2) is 60.6 Å². The molecule has 0 aliphatic carbocycles. The molecule has 0 radical (unpaired) electrons. The molecular weight excluding hydrogens is 414 g/mol. The van der Waals surface area contributed by atoms with Crippen LogP contribution in [0.15, 0.2) is 72.8 Å². The molecule has 0 saturated heterocycles. The summed E-state index contributed by atoms with van der Waals surface area (Å²) < 4.78 is 0. The number of likely N-dealkylation sites (N-methyl/N-ethyl adjacent to an activating group) is 2. The molecule has 0 saturated carbocycles. The lowest BCUT2D eigenvalue weighted by Crippen LogP contribution is -2.54. The van der Waals surface area contributed by atoms with Gasteiger partial charge in [0.1, 0.15) is 6.04 Å². The molecule has 3 aromatic rings. The largest absolute Gasteiger partial charge is 0.392 e. The fraction of sp³-hybridized carbons (Fsp3) is 0.333. The number of hydrogen-bond donors (Lipinski definition) is 3. The fourth-order valence-electron chi connectivity index (χ4n) is 3.92. The van der Waals surface area contributed by atoms with E-state index in [1.165, 1.54) is 4.90 Å². The summed E-state index contributed by atoms with van der Waals surface area (Å²) in [5.41, 5.74) is 2.01. The van der Waals surface area contributed by atoms with Gasteiger partial charge in [0.2, 0.25) is 11.8 Å². The van der Waals surface area contributed by atoms with Gasteiger partial charge in [-0.25, -0.2) is 0 Å². The van der Waals surface area contributed by atoms with Gasteiger partial charge in [0.05, 0.1) is 12.1 Å². The highest BCUT2D eigenvalue weighted by Crippen LogP contribution is 2.18. The van der Waals surface area contributed by atoms with Gasteiger partial charge >= 0.3 is 0 Å². The first-order valence-electron chi connectivity index (χ1n) is 11.3. The Balaban J connectivity index is 1.78. The highest BCUT2D eigenvalue weighted by molar-refractivity contribution is 5.90. The monoisotopic (exact) mass is 447 g/mol. The SMILES string of the molecule is CN[C@H](Cc1ccc2ccccc2c1)C(=O)N(C)[C@H](Cc1ccccc1)C(=O)NCC(C)O. The molecule has 3 N–H and O–H groups in total. The second-order valence-corrected chi connectivity index (χ2v) is 8.48. The van der Waals surface area contributed by atoms with Crippen molar-refractivity contribution in [2.45, 2.75) is 38.0 Å². The van der Waals surface area contributed by atoms with E-state index in [1.807, 2.05) is 48.5 Å². The molecule has 0 fully saturated rings. The Bertz CT molecular complexity index is 1070. The van der Waals surface area contributed by atoms with Crippen LogP contribution in [-0.2, 0) is 22.4 Å². The van der Waals surface area contributed by atoms with E-state index in [-0.39, 0.29) is 18.4 Å². The van der Waals surface area contributed by atoms with E-state index in [4.69, 9.17) is 0 Å². The third-order valence-corrected chi connectivity index (χ3v) is 5.86. The number of nitrogens with zero attached hydrogens (tertiary/aromatic N) is 1. The number of benzene rings is 3. The minimum Gasteiger partial charge on any atom is -0.392 e. The maximum absolute atomic E-state index is 13.5. The Morgan fingerprint density at radius 3 is 2.24 bits per heavy atom. The summed E-state index contributed by atoms with van der Waals surface area (Å²) >= 11 is 0.